The van der Waals surface area contributed by atoms with E-state index in [1.54, 1.807) is 12.1 Å². The number of rotatable bonds is 5. The topological polar surface area (TPSA) is 76.1 Å². The fourth-order valence-electron chi connectivity index (χ4n) is 2.84. The number of benzene rings is 3. The Balaban J connectivity index is 1.49. The number of carbonyl (C=O) groups is 1. The van der Waals surface area contributed by atoms with Gasteiger partial charge in [-0.1, -0.05) is 60.7 Å². The molecule has 0 fully saturated rings. The average Bonchev–Trinajstić information content (AvgIpc) is 3.16. The maximum absolute atomic E-state index is 12.6. The Hall–Kier alpha value is -3.03. The number of sulfone groups is 1. The molecule has 1 amide bonds. The van der Waals surface area contributed by atoms with Gasteiger partial charge in [-0.2, -0.15) is 0 Å². The number of nitrogens with one attached hydrogen (secondary N) is 1. The molecule has 0 atom stereocenters. The summed E-state index contributed by atoms with van der Waals surface area (Å²) in [5.74, 6) is -1.24. The number of hydrogen-bond donors (Lipinski definition) is 1. The van der Waals surface area contributed by atoms with Crippen molar-refractivity contribution in [2.24, 2.45) is 0 Å². The molecule has 0 aliphatic heterocycles. The van der Waals surface area contributed by atoms with E-state index in [9.17, 15) is 13.2 Å². The van der Waals surface area contributed by atoms with Gasteiger partial charge in [0, 0.05) is 10.9 Å². The van der Waals surface area contributed by atoms with E-state index in [4.69, 9.17) is 0 Å². The highest BCUT2D eigenvalue weighted by Crippen LogP contribution is 2.25. The lowest BCUT2D eigenvalue weighted by Gasteiger charge is -2.06. The van der Waals surface area contributed by atoms with Crippen LogP contribution in [0.3, 0.4) is 0 Å². The number of fused-ring (bicyclic) bond motifs is 1. The molecule has 1 N–H and O–H groups in total. The standard InChI is InChI=1S/C21H16N2O3S2/c24-20(23-21-22-19(13-27-21)16-7-2-1-3-8-16)14-28(25,26)18-11-10-15-6-4-5-9-17(15)12-18/h1-13H,14H2,(H,22,23,24). The van der Waals surface area contributed by atoms with Crippen molar-refractivity contribution in [2.75, 3.05) is 11.1 Å². The molecule has 4 aromatic rings. The van der Waals surface area contributed by atoms with Gasteiger partial charge in [-0.05, 0) is 22.9 Å². The van der Waals surface area contributed by atoms with Crippen LogP contribution in [-0.2, 0) is 14.6 Å². The fraction of sp³-hybridized carbons (Fsp3) is 0.0476. The van der Waals surface area contributed by atoms with Crippen LogP contribution in [0.4, 0.5) is 5.13 Å². The van der Waals surface area contributed by atoms with Crippen molar-refractivity contribution in [1.29, 1.82) is 0 Å². The number of carbonyl (C=O) groups excluding carboxylic acids is 1. The Bertz CT molecular complexity index is 1250. The zero-order valence-corrected chi connectivity index (χ0v) is 16.3. The second kappa shape index (κ2) is 7.53. The highest BCUT2D eigenvalue weighted by Gasteiger charge is 2.20. The van der Waals surface area contributed by atoms with Crippen LogP contribution in [-0.4, -0.2) is 25.1 Å². The molecule has 0 radical (unpaired) electrons. The van der Waals surface area contributed by atoms with Gasteiger partial charge in [0.15, 0.2) is 15.0 Å². The molecule has 3 aromatic carbocycles. The van der Waals surface area contributed by atoms with Crippen LogP contribution in [0.5, 0.6) is 0 Å². The summed E-state index contributed by atoms with van der Waals surface area (Å²) in [7, 11) is -3.75. The number of anilines is 1. The Morgan fingerprint density at radius 3 is 2.43 bits per heavy atom. The van der Waals surface area contributed by atoms with Crippen LogP contribution in [0, 0.1) is 0 Å². The zero-order valence-electron chi connectivity index (χ0n) is 14.7. The van der Waals surface area contributed by atoms with Gasteiger partial charge >= 0.3 is 0 Å². The molecule has 0 aliphatic rings. The lowest BCUT2D eigenvalue weighted by Crippen LogP contribution is -2.23. The summed E-state index contributed by atoms with van der Waals surface area (Å²) in [6, 6.07) is 21.9. The van der Waals surface area contributed by atoms with E-state index in [1.807, 2.05) is 60.0 Å². The minimum absolute atomic E-state index is 0.130. The monoisotopic (exact) mass is 408 g/mol. The van der Waals surface area contributed by atoms with E-state index >= 15 is 0 Å². The molecule has 140 valence electrons. The first-order valence-corrected chi connectivity index (χ1v) is 11.1. The first-order valence-electron chi connectivity index (χ1n) is 8.54. The summed E-state index contributed by atoms with van der Waals surface area (Å²) in [4.78, 5) is 16.8. The van der Waals surface area contributed by atoms with Gasteiger partial charge in [0.2, 0.25) is 5.91 Å². The van der Waals surface area contributed by atoms with Crippen molar-refractivity contribution in [3.63, 3.8) is 0 Å². The highest BCUT2D eigenvalue weighted by atomic mass is 32.2. The van der Waals surface area contributed by atoms with E-state index in [1.165, 1.54) is 17.4 Å². The average molecular weight is 409 g/mol. The smallest absolute Gasteiger partial charge is 0.241 e. The molecular formula is C21H16N2O3S2. The van der Waals surface area contributed by atoms with Crippen molar-refractivity contribution < 1.29 is 13.2 Å². The van der Waals surface area contributed by atoms with E-state index in [0.717, 1.165) is 22.0 Å². The number of amides is 1. The SMILES string of the molecule is O=C(CS(=O)(=O)c1ccc2ccccc2c1)Nc1nc(-c2ccccc2)cs1. The second-order valence-corrected chi connectivity index (χ2v) is 9.07. The summed E-state index contributed by atoms with van der Waals surface area (Å²) in [5.41, 5.74) is 1.67. The predicted octanol–water partition coefficient (Wildman–Crippen LogP) is 4.38. The van der Waals surface area contributed by atoms with Crippen LogP contribution in [0.15, 0.2) is 83.1 Å². The number of nitrogens with zero attached hydrogens (tertiary/aromatic N) is 1. The molecule has 1 heterocycles. The van der Waals surface area contributed by atoms with Crippen molar-refractivity contribution in [3.8, 4) is 11.3 Å². The van der Waals surface area contributed by atoms with Crippen LogP contribution in [0.2, 0.25) is 0 Å². The maximum atomic E-state index is 12.6. The Labute approximate surface area is 166 Å². The van der Waals surface area contributed by atoms with Crippen molar-refractivity contribution in [3.05, 3.63) is 78.2 Å². The predicted molar refractivity (Wildman–Crippen MR) is 112 cm³/mol. The van der Waals surface area contributed by atoms with Gasteiger partial charge in [0.1, 0.15) is 5.75 Å². The minimum Gasteiger partial charge on any atom is -0.301 e. The lowest BCUT2D eigenvalue weighted by atomic mass is 10.1. The first kappa shape index (κ1) is 18.3. The quantitative estimate of drug-likeness (QED) is 0.532. The zero-order chi connectivity index (χ0) is 19.6. The summed E-state index contributed by atoms with van der Waals surface area (Å²) >= 11 is 1.26. The van der Waals surface area contributed by atoms with E-state index in [2.05, 4.69) is 10.3 Å². The number of aromatic nitrogens is 1. The summed E-state index contributed by atoms with van der Waals surface area (Å²) in [5, 5.41) is 6.54. The Morgan fingerprint density at radius 1 is 0.929 bits per heavy atom. The van der Waals surface area contributed by atoms with E-state index in [-0.39, 0.29) is 4.90 Å². The Kier molecular flexibility index (Phi) is 4.93. The molecule has 0 saturated heterocycles. The van der Waals surface area contributed by atoms with E-state index < -0.39 is 21.5 Å². The van der Waals surface area contributed by atoms with Gasteiger partial charge in [0.25, 0.3) is 0 Å². The molecule has 7 heteroatoms. The van der Waals surface area contributed by atoms with Gasteiger partial charge in [-0.15, -0.1) is 11.3 Å². The second-order valence-electron chi connectivity index (χ2n) is 6.22. The summed E-state index contributed by atoms with van der Waals surface area (Å²) < 4.78 is 25.3. The molecule has 0 aliphatic carbocycles. The Morgan fingerprint density at radius 2 is 1.64 bits per heavy atom. The molecule has 5 nitrogen and oxygen atoms in total. The molecule has 28 heavy (non-hydrogen) atoms. The van der Waals surface area contributed by atoms with Crippen LogP contribution < -0.4 is 5.32 Å². The van der Waals surface area contributed by atoms with Crippen molar-refractivity contribution in [1.82, 2.24) is 4.98 Å². The number of hydrogen-bond acceptors (Lipinski definition) is 5. The molecule has 0 unspecified atom stereocenters. The fourth-order valence-corrected chi connectivity index (χ4v) is 4.75. The van der Waals surface area contributed by atoms with Gasteiger partial charge in [-0.3, -0.25) is 4.79 Å². The summed E-state index contributed by atoms with van der Waals surface area (Å²) in [6.07, 6.45) is 0. The van der Waals surface area contributed by atoms with E-state index in [0.29, 0.717) is 5.13 Å². The molecule has 1 aromatic heterocycles. The third-order valence-corrected chi connectivity index (χ3v) is 6.59. The lowest BCUT2D eigenvalue weighted by molar-refractivity contribution is -0.113. The minimum atomic E-state index is -3.75. The number of thiazole rings is 1. The largest absolute Gasteiger partial charge is 0.301 e. The van der Waals surface area contributed by atoms with Crippen LogP contribution in [0.25, 0.3) is 22.0 Å². The van der Waals surface area contributed by atoms with Crippen LogP contribution in [0.1, 0.15) is 0 Å². The normalized spacial score (nSPS) is 11.4. The van der Waals surface area contributed by atoms with Crippen molar-refractivity contribution in [2.45, 2.75) is 4.90 Å². The molecular weight excluding hydrogens is 392 g/mol. The summed E-state index contributed by atoms with van der Waals surface area (Å²) in [6.45, 7) is 0. The molecule has 0 bridgehead atoms. The molecule has 0 saturated carbocycles. The van der Waals surface area contributed by atoms with Gasteiger partial charge in [-0.25, -0.2) is 13.4 Å². The van der Waals surface area contributed by atoms with Gasteiger partial charge in [0.05, 0.1) is 10.6 Å². The molecule has 4 rings (SSSR count). The third kappa shape index (κ3) is 3.95. The first-order chi connectivity index (χ1) is 13.5. The van der Waals surface area contributed by atoms with Crippen molar-refractivity contribution >= 4 is 43.0 Å². The third-order valence-electron chi connectivity index (χ3n) is 4.22. The highest BCUT2D eigenvalue weighted by molar-refractivity contribution is 7.92. The van der Waals surface area contributed by atoms with Crippen LogP contribution >= 0.6 is 11.3 Å². The molecule has 0 spiro atoms. The van der Waals surface area contributed by atoms with Gasteiger partial charge < -0.3 is 5.32 Å². The maximum Gasteiger partial charge on any atom is 0.241 e.